The molecule has 2 rings (SSSR count). The van der Waals surface area contributed by atoms with Crippen LogP contribution in [0.4, 0.5) is 0 Å². The third-order valence-corrected chi connectivity index (χ3v) is 4.37. The molecular weight excluding hydrogens is 298 g/mol. The number of halogens is 1. The van der Waals surface area contributed by atoms with E-state index in [2.05, 4.69) is 15.9 Å². The van der Waals surface area contributed by atoms with Crippen molar-refractivity contribution in [1.29, 1.82) is 0 Å². The Labute approximate surface area is 114 Å². The Morgan fingerprint density at radius 2 is 2.00 bits per heavy atom. The van der Waals surface area contributed by atoms with E-state index in [9.17, 15) is 0 Å². The fraction of sp³-hybridized carbons (Fsp3) is 0.231. The van der Waals surface area contributed by atoms with Crippen LogP contribution < -0.4 is 10.5 Å². The van der Waals surface area contributed by atoms with Gasteiger partial charge < -0.3 is 10.5 Å². The molecule has 1 atom stereocenters. The number of benzene rings is 1. The highest BCUT2D eigenvalue weighted by atomic mass is 79.9. The van der Waals surface area contributed by atoms with Gasteiger partial charge in [0.15, 0.2) is 0 Å². The van der Waals surface area contributed by atoms with Gasteiger partial charge in [0, 0.05) is 10.5 Å². The number of rotatable bonds is 4. The summed E-state index contributed by atoms with van der Waals surface area (Å²) in [6, 6.07) is 10.0. The van der Waals surface area contributed by atoms with Crippen LogP contribution in [0.25, 0.3) is 0 Å². The van der Waals surface area contributed by atoms with Crippen LogP contribution in [0.2, 0.25) is 0 Å². The minimum absolute atomic E-state index is 0.0653. The lowest BCUT2D eigenvalue weighted by Crippen LogP contribution is -2.04. The molecule has 4 heteroatoms. The molecule has 0 radical (unpaired) electrons. The van der Waals surface area contributed by atoms with Crippen molar-refractivity contribution >= 4 is 27.3 Å². The van der Waals surface area contributed by atoms with E-state index in [0.717, 1.165) is 15.8 Å². The molecule has 0 aliphatic carbocycles. The first kappa shape index (κ1) is 12.6. The maximum atomic E-state index is 5.79. The summed E-state index contributed by atoms with van der Waals surface area (Å²) in [5, 5.41) is 2.04. The summed E-state index contributed by atoms with van der Waals surface area (Å²) >= 11 is 5.17. The molecule has 90 valence electrons. The Balaban J connectivity index is 1.98. The van der Waals surface area contributed by atoms with Crippen molar-refractivity contribution in [3.8, 4) is 5.75 Å². The summed E-state index contributed by atoms with van der Waals surface area (Å²) in [7, 11) is 0. The van der Waals surface area contributed by atoms with Crippen molar-refractivity contribution < 1.29 is 4.74 Å². The van der Waals surface area contributed by atoms with Crippen molar-refractivity contribution in [1.82, 2.24) is 0 Å². The van der Waals surface area contributed by atoms with Crippen molar-refractivity contribution in [3.63, 3.8) is 0 Å². The average Bonchev–Trinajstić information content (AvgIpc) is 2.73. The number of thiophene rings is 1. The summed E-state index contributed by atoms with van der Waals surface area (Å²) in [5.41, 5.74) is 6.91. The highest BCUT2D eigenvalue weighted by Crippen LogP contribution is 2.24. The minimum atomic E-state index is 0.0653. The predicted molar refractivity (Wildman–Crippen MR) is 75.4 cm³/mol. The van der Waals surface area contributed by atoms with Gasteiger partial charge in [-0.1, -0.05) is 12.1 Å². The molecule has 0 saturated carbocycles. The Hall–Kier alpha value is -0.840. The van der Waals surface area contributed by atoms with Gasteiger partial charge in [-0.25, -0.2) is 0 Å². The lowest BCUT2D eigenvalue weighted by atomic mass is 10.1. The zero-order valence-electron chi connectivity index (χ0n) is 9.52. The standard InChI is InChI=1S/C13H14BrNOS/c1-9(15)10-2-4-11(5-3-10)16-8-13-12(14)6-7-17-13/h2-7,9H,8,15H2,1H3/t9-/m1/s1. The zero-order valence-corrected chi connectivity index (χ0v) is 11.9. The lowest BCUT2D eigenvalue weighted by Gasteiger charge is -2.08. The van der Waals surface area contributed by atoms with Crippen molar-refractivity contribution in [2.45, 2.75) is 19.6 Å². The molecule has 0 saturated heterocycles. The Kier molecular flexibility index (Phi) is 4.20. The Morgan fingerprint density at radius 1 is 1.29 bits per heavy atom. The SMILES string of the molecule is C[C@@H](N)c1ccc(OCc2sccc2Br)cc1. The molecule has 0 aliphatic heterocycles. The van der Waals surface area contributed by atoms with Crippen LogP contribution in [0, 0.1) is 0 Å². The third-order valence-electron chi connectivity index (χ3n) is 2.47. The van der Waals surface area contributed by atoms with Gasteiger partial charge in [0.1, 0.15) is 12.4 Å². The minimum Gasteiger partial charge on any atom is -0.488 e. The number of ether oxygens (including phenoxy) is 1. The van der Waals surface area contributed by atoms with Gasteiger partial charge in [0.25, 0.3) is 0 Å². The molecule has 0 bridgehead atoms. The van der Waals surface area contributed by atoms with E-state index in [-0.39, 0.29) is 6.04 Å². The van der Waals surface area contributed by atoms with Crippen LogP contribution in [-0.4, -0.2) is 0 Å². The van der Waals surface area contributed by atoms with E-state index in [1.807, 2.05) is 42.6 Å². The molecule has 17 heavy (non-hydrogen) atoms. The Bertz CT molecular complexity index is 478. The first-order valence-corrected chi connectivity index (χ1v) is 7.04. The van der Waals surface area contributed by atoms with E-state index >= 15 is 0 Å². The monoisotopic (exact) mass is 311 g/mol. The van der Waals surface area contributed by atoms with Crippen molar-refractivity contribution in [3.05, 3.63) is 50.6 Å². The normalized spacial score (nSPS) is 12.4. The molecule has 1 aromatic heterocycles. The van der Waals surface area contributed by atoms with E-state index < -0.39 is 0 Å². The summed E-state index contributed by atoms with van der Waals surface area (Å²) in [4.78, 5) is 1.20. The molecular formula is C13H14BrNOS. The molecule has 0 amide bonds. The third kappa shape index (κ3) is 3.31. The largest absolute Gasteiger partial charge is 0.488 e. The van der Waals surface area contributed by atoms with Gasteiger partial charge in [0.05, 0.1) is 4.88 Å². The van der Waals surface area contributed by atoms with Crippen LogP contribution >= 0.6 is 27.3 Å². The fourth-order valence-electron chi connectivity index (χ4n) is 1.44. The molecule has 1 heterocycles. The van der Waals surface area contributed by atoms with Crippen LogP contribution in [-0.2, 0) is 6.61 Å². The average molecular weight is 312 g/mol. The van der Waals surface area contributed by atoms with Gasteiger partial charge in [-0.2, -0.15) is 0 Å². The van der Waals surface area contributed by atoms with Crippen molar-refractivity contribution in [2.75, 3.05) is 0 Å². The quantitative estimate of drug-likeness (QED) is 0.922. The number of hydrogen-bond acceptors (Lipinski definition) is 3. The van der Waals surface area contributed by atoms with E-state index in [0.29, 0.717) is 6.61 Å². The predicted octanol–water partition coefficient (Wildman–Crippen LogP) is 4.11. The summed E-state index contributed by atoms with van der Waals surface area (Å²) in [6.45, 7) is 2.56. The highest BCUT2D eigenvalue weighted by molar-refractivity contribution is 9.10. The summed E-state index contributed by atoms with van der Waals surface area (Å²) in [5.74, 6) is 0.870. The van der Waals surface area contributed by atoms with Gasteiger partial charge in [-0.3, -0.25) is 0 Å². The van der Waals surface area contributed by atoms with Crippen LogP contribution in [0.15, 0.2) is 40.2 Å². The molecule has 1 aromatic carbocycles. The molecule has 2 N–H and O–H groups in total. The van der Waals surface area contributed by atoms with E-state index in [1.54, 1.807) is 11.3 Å². The number of hydrogen-bond donors (Lipinski definition) is 1. The van der Waals surface area contributed by atoms with Gasteiger partial charge in [0.2, 0.25) is 0 Å². The smallest absolute Gasteiger partial charge is 0.124 e. The van der Waals surface area contributed by atoms with Gasteiger partial charge in [-0.05, 0) is 52.0 Å². The highest BCUT2D eigenvalue weighted by Gasteiger charge is 2.03. The molecule has 2 nitrogen and oxygen atoms in total. The fourth-order valence-corrected chi connectivity index (χ4v) is 2.82. The summed E-state index contributed by atoms with van der Waals surface area (Å²) in [6.07, 6.45) is 0. The molecule has 0 fully saturated rings. The van der Waals surface area contributed by atoms with E-state index in [1.165, 1.54) is 4.88 Å². The lowest BCUT2D eigenvalue weighted by molar-refractivity contribution is 0.309. The second-order valence-electron chi connectivity index (χ2n) is 3.84. The Morgan fingerprint density at radius 3 is 2.53 bits per heavy atom. The first-order valence-electron chi connectivity index (χ1n) is 5.37. The molecule has 0 spiro atoms. The molecule has 0 unspecified atom stereocenters. The maximum absolute atomic E-state index is 5.79. The summed E-state index contributed by atoms with van der Waals surface area (Å²) < 4.78 is 6.81. The second-order valence-corrected chi connectivity index (χ2v) is 5.69. The number of nitrogens with two attached hydrogens (primary N) is 1. The topological polar surface area (TPSA) is 35.2 Å². The van der Waals surface area contributed by atoms with E-state index in [4.69, 9.17) is 10.5 Å². The second kappa shape index (κ2) is 5.67. The van der Waals surface area contributed by atoms with Crippen LogP contribution in [0.3, 0.4) is 0 Å². The van der Waals surface area contributed by atoms with Gasteiger partial charge >= 0.3 is 0 Å². The van der Waals surface area contributed by atoms with Crippen LogP contribution in [0.1, 0.15) is 23.4 Å². The van der Waals surface area contributed by atoms with Crippen molar-refractivity contribution in [2.24, 2.45) is 5.73 Å². The maximum Gasteiger partial charge on any atom is 0.124 e. The molecule has 2 aromatic rings. The first-order chi connectivity index (χ1) is 8.16. The zero-order chi connectivity index (χ0) is 12.3. The molecule has 0 aliphatic rings. The van der Waals surface area contributed by atoms with Crippen LogP contribution in [0.5, 0.6) is 5.75 Å². The van der Waals surface area contributed by atoms with Gasteiger partial charge in [-0.15, -0.1) is 11.3 Å².